The Morgan fingerprint density at radius 2 is 1.08 bits per heavy atom. The molecule has 0 spiro atoms. The number of allylic oxidation sites excluding steroid dienone is 2. The van der Waals surface area contributed by atoms with Gasteiger partial charge in [0.2, 0.25) is 0 Å². The van der Waals surface area contributed by atoms with Gasteiger partial charge in [0.05, 0.1) is 11.7 Å². The van der Waals surface area contributed by atoms with Gasteiger partial charge in [0.25, 0.3) is 0 Å². The van der Waals surface area contributed by atoms with E-state index < -0.39 is 0 Å². The molecule has 5 aliphatic rings. The SMILES string of the molecule is CC1(C)c2ccccc2-c2ccc(N(c3ccccc3)c3ccc4c(c3)C(C)(C)c3cc5c(cc3-4)C(C)(C)c3cccc4c3N5C3CC=CC=C43)cc21. The van der Waals surface area contributed by atoms with E-state index in [1.807, 2.05) is 0 Å². The predicted molar refractivity (Wildman–Crippen MR) is 222 cm³/mol. The molecule has 0 N–H and O–H groups in total. The minimum absolute atomic E-state index is 0.0704. The number of fused-ring (bicyclic) bond motifs is 11. The molecule has 0 saturated heterocycles. The normalized spacial score (nSPS) is 19.3. The zero-order valence-electron chi connectivity index (χ0n) is 31.5. The number of anilines is 5. The minimum atomic E-state index is -0.172. The maximum atomic E-state index is 2.69. The molecule has 0 bridgehead atoms. The van der Waals surface area contributed by atoms with Crippen molar-refractivity contribution in [2.75, 3.05) is 9.80 Å². The lowest BCUT2D eigenvalue weighted by molar-refractivity contribution is 0.617. The van der Waals surface area contributed by atoms with Gasteiger partial charge in [-0.1, -0.05) is 133 Å². The van der Waals surface area contributed by atoms with Gasteiger partial charge in [0.1, 0.15) is 0 Å². The first kappa shape index (κ1) is 31.0. The molecule has 3 aliphatic carbocycles. The summed E-state index contributed by atoms with van der Waals surface area (Å²) >= 11 is 0. The molecule has 6 aromatic rings. The van der Waals surface area contributed by atoms with Crippen LogP contribution in [-0.2, 0) is 16.2 Å². The molecule has 0 saturated carbocycles. The zero-order valence-corrected chi connectivity index (χ0v) is 31.5. The molecule has 1 unspecified atom stereocenters. The molecule has 1 atom stereocenters. The molecule has 2 heterocycles. The number of nitrogens with zero attached hydrogens (tertiary/aromatic N) is 2. The first-order valence-electron chi connectivity index (χ1n) is 19.3. The van der Waals surface area contributed by atoms with Crippen molar-refractivity contribution < 1.29 is 0 Å². The van der Waals surface area contributed by atoms with E-state index in [0.29, 0.717) is 6.04 Å². The van der Waals surface area contributed by atoms with Crippen LogP contribution in [0, 0.1) is 0 Å². The topological polar surface area (TPSA) is 6.48 Å². The lowest BCUT2D eigenvalue weighted by Crippen LogP contribution is -2.36. The maximum Gasteiger partial charge on any atom is 0.0633 e. The van der Waals surface area contributed by atoms with Gasteiger partial charge in [-0.25, -0.2) is 0 Å². The molecule has 0 radical (unpaired) electrons. The van der Waals surface area contributed by atoms with Crippen LogP contribution in [0.5, 0.6) is 0 Å². The highest BCUT2D eigenvalue weighted by Crippen LogP contribution is 2.61. The van der Waals surface area contributed by atoms with Crippen LogP contribution in [-0.4, -0.2) is 6.04 Å². The third-order valence-electron chi connectivity index (χ3n) is 13.5. The molecule has 0 amide bonds. The summed E-state index contributed by atoms with van der Waals surface area (Å²) in [6.45, 7) is 14.5. The minimum Gasteiger partial charge on any atom is -0.333 e. The Labute approximate surface area is 313 Å². The van der Waals surface area contributed by atoms with E-state index in [0.717, 1.165) is 6.42 Å². The molecule has 6 aromatic carbocycles. The van der Waals surface area contributed by atoms with E-state index >= 15 is 0 Å². The highest BCUT2D eigenvalue weighted by molar-refractivity contribution is 5.99. The fourth-order valence-electron chi connectivity index (χ4n) is 10.7. The van der Waals surface area contributed by atoms with E-state index in [2.05, 4.69) is 191 Å². The molecule has 2 aliphatic heterocycles. The molecule has 2 heteroatoms. The van der Waals surface area contributed by atoms with Crippen molar-refractivity contribution in [1.29, 1.82) is 0 Å². The van der Waals surface area contributed by atoms with Crippen LogP contribution in [0.25, 0.3) is 27.8 Å². The average molecular weight is 685 g/mol. The summed E-state index contributed by atoms with van der Waals surface area (Å²) in [4.78, 5) is 5.15. The van der Waals surface area contributed by atoms with E-state index in [1.165, 1.54) is 95.2 Å². The summed E-state index contributed by atoms with van der Waals surface area (Å²) in [7, 11) is 0. The Morgan fingerprint density at radius 3 is 1.83 bits per heavy atom. The lowest BCUT2D eigenvalue weighted by atomic mass is 9.72. The molecular formula is C51H44N2. The fourth-order valence-corrected chi connectivity index (χ4v) is 10.7. The van der Waals surface area contributed by atoms with Crippen molar-refractivity contribution in [2.45, 2.75) is 70.3 Å². The van der Waals surface area contributed by atoms with Crippen LogP contribution in [0.4, 0.5) is 28.4 Å². The van der Waals surface area contributed by atoms with Gasteiger partial charge in [-0.05, 0) is 116 Å². The maximum absolute atomic E-state index is 2.69. The standard InChI is InChI=1S/C51H44N2/c1-49(2)40-20-12-10-17-34(40)35-25-23-32(27-42(35)49)52(31-15-8-7-9-16-31)33-24-26-36-39-29-45-47(30-44(39)51(5,6)43(36)28-33)53-46-22-13-11-18-37(46)38-19-14-21-41(48(38)53)50(45,3)4/h7-21,23-30,46H,22H2,1-6H3. The van der Waals surface area contributed by atoms with E-state index in [4.69, 9.17) is 0 Å². The number of para-hydroxylation sites is 2. The Morgan fingerprint density at radius 1 is 0.491 bits per heavy atom. The van der Waals surface area contributed by atoms with Gasteiger partial charge in [-0.3, -0.25) is 0 Å². The molecule has 0 fully saturated rings. The summed E-state index contributed by atoms with van der Waals surface area (Å²) in [5.74, 6) is 0. The quantitative estimate of drug-likeness (QED) is 0.183. The van der Waals surface area contributed by atoms with Crippen LogP contribution < -0.4 is 9.80 Å². The molecule has 53 heavy (non-hydrogen) atoms. The van der Waals surface area contributed by atoms with Crippen molar-refractivity contribution in [3.63, 3.8) is 0 Å². The summed E-state index contributed by atoms with van der Waals surface area (Å²) < 4.78 is 0. The molecular weight excluding hydrogens is 641 g/mol. The van der Waals surface area contributed by atoms with Crippen molar-refractivity contribution in [1.82, 2.24) is 0 Å². The molecule has 0 aromatic heterocycles. The highest BCUT2D eigenvalue weighted by atomic mass is 15.2. The van der Waals surface area contributed by atoms with Crippen molar-refractivity contribution in [3.05, 3.63) is 178 Å². The number of benzene rings is 6. The second kappa shape index (κ2) is 10.3. The largest absolute Gasteiger partial charge is 0.333 e. The third-order valence-corrected chi connectivity index (χ3v) is 13.5. The molecule has 258 valence electrons. The van der Waals surface area contributed by atoms with Gasteiger partial charge >= 0.3 is 0 Å². The smallest absolute Gasteiger partial charge is 0.0633 e. The average Bonchev–Trinajstić information content (AvgIpc) is 3.71. The van der Waals surface area contributed by atoms with Gasteiger partial charge < -0.3 is 9.80 Å². The molecule has 2 nitrogen and oxygen atoms in total. The van der Waals surface area contributed by atoms with Crippen LogP contribution in [0.2, 0.25) is 0 Å². The third kappa shape index (κ3) is 3.94. The van der Waals surface area contributed by atoms with E-state index in [1.54, 1.807) is 0 Å². The summed E-state index contributed by atoms with van der Waals surface area (Å²) in [5.41, 5.74) is 22.7. The lowest BCUT2D eigenvalue weighted by Gasteiger charge is -2.43. The summed E-state index contributed by atoms with van der Waals surface area (Å²) in [6, 6.07) is 46.6. The Bertz CT molecular complexity index is 2630. The second-order valence-electron chi connectivity index (χ2n) is 17.3. The van der Waals surface area contributed by atoms with Crippen molar-refractivity contribution >= 4 is 34.0 Å². The van der Waals surface area contributed by atoms with Gasteiger partial charge in [0, 0.05) is 44.6 Å². The second-order valence-corrected chi connectivity index (χ2v) is 17.3. The first-order chi connectivity index (χ1) is 25.6. The zero-order chi connectivity index (χ0) is 36.0. The van der Waals surface area contributed by atoms with E-state index in [9.17, 15) is 0 Å². The van der Waals surface area contributed by atoms with Crippen molar-refractivity contribution in [2.24, 2.45) is 0 Å². The van der Waals surface area contributed by atoms with Crippen LogP contribution in [0.1, 0.15) is 86.9 Å². The summed E-state index contributed by atoms with van der Waals surface area (Å²) in [6.07, 6.45) is 7.97. The van der Waals surface area contributed by atoms with Gasteiger partial charge in [-0.15, -0.1) is 0 Å². The number of hydrogen-bond acceptors (Lipinski definition) is 2. The number of hydrogen-bond donors (Lipinski definition) is 0. The van der Waals surface area contributed by atoms with E-state index in [-0.39, 0.29) is 16.2 Å². The predicted octanol–water partition coefficient (Wildman–Crippen LogP) is 13.3. The van der Waals surface area contributed by atoms with Crippen molar-refractivity contribution in [3.8, 4) is 22.3 Å². The van der Waals surface area contributed by atoms with Gasteiger partial charge in [-0.2, -0.15) is 0 Å². The Hall–Kier alpha value is -5.60. The Balaban J connectivity index is 1.07. The molecule has 11 rings (SSSR count). The monoisotopic (exact) mass is 684 g/mol. The fraction of sp³-hybridized carbons (Fsp3) is 0.216. The van der Waals surface area contributed by atoms with Crippen LogP contribution in [0.15, 0.2) is 140 Å². The van der Waals surface area contributed by atoms with Gasteiger partial charge in [0.15, 0.2) is 0 Å². The van der Waals surface area contributed by atoms with Crippen LogP contribution >= 0.6 is 0 Å². The highest BCUT2D eigenvalue weighted by Gasteiger charge is 2.47. The number of rotatable bonds is 3. The van der Waals surface area contributed by atoms with Crippen LogP contribution in [0.3, 0.4) is 0 Å². The first-order valence-corrected chi connectivity index (χ1v) is 19.3. The summed E-state index contributed by atoms with van der Waals surface area (Å²) in [5, 5.41) is 0. The Kier molecular flexibility index (Phi) is 6.01.